The summed E-state index contributed by atoms with van der Waals surface area (Å²) in [4.78, 5) is 4.05. The summed E-state index contributed by atoms with van der Waals surface area (Å²) in [6.07, 6.45) is 5.43. The van der Waals surface area contributed by atoms with E-state index in [4.69, 9.17) is 9.47 Å². The molecular weight excluding hydrogens is 332 g/mol. The molecule has 1 fully saturated rings. The molecule has 0 N–H and O–H groups in total. The van der Waals surface area contributed by atoms with Crippen molar-refractivity contribution in [2.75, 3.05) is 13.2 Å². The number of rotatable bonds is 3. The van der Waals surface area contributed by atoms with E-state index in [1.54, 1.807) is 12.5 Å². The Bertz CT molecular complexity index is 527. The van der Waals surface area contributed by atoms with Crippen LogP contribution < -0.4 is 0 Å². The quantitative estimate of drug-likeness (QED) is 0.858. The summed E-state index contributed by atoms with van der Waals surface area (Å²) in [5.41, 5.74) is 1.02. The zero-order chi connectivity index (χ0) is 12.4. The Morgan fingerprint density at radius 1 is 1.32 bits per heavy atom. The van der Waals surface area contributed by atoms with E-state index in [0.29, 0.717) is 19.8 Å². The largest absolute Gasteiger partial charge is 0.342 e. The van der Waals surface area contributed by atoms with E-state index in [-0.39, 0.29) is 12.4 Å². The third kappa shape index (κ3) is 3.00. The van der Waals surface area contributed by atoms with Gasteiger partial charge in [0.1, 0.15) is 0 Å². The van der Waals surface area contributed by atoms with Crippen LogP contribution in [-0.4, -0.2) is 22.8 Å². The van der Waals surface area contributed by atoms with Crippen molar-refractivity contribution < 1.29 is 9.47 Å². The number of hydrogen-bond donors (Lipinski definition) is 0. The summed E-state index contributed by atoms with van der Waals surface area (Å²) in [7, 11) is 0. The van der Waals surface area contributed by atoms with E-state index < -0.39 is 5.79 Å². The van der Waals surface area contributed by atoms with E-state index >= 15 is 0 Å². The second-order valence-electron chi connectivity index (χ2n) is 4.20. The van der Waals surface area contributed by atoms with E-state index in [1.165, 1.54) is 0 Å². The number of ether oxygens (including phenoxy) is 2. The Kier molecular flexibility index (Phi) is 4.62. The van der Waals surface area contributed by atoms with Crippen LogP contribution in [0.3, 0.4) is 0 Å². The highest BCUT2D eigenvalue weighted by molar-refractivity contribution is 9.10. The van der Waals surface area contributed by atoms with Crippen molar-refractivity contribution in [2.45, 2.75) is 12.3 Å². The smallest absolute Gasteiger partial charge is 0.213 e. The topological polar surface area (TPSA) is 36.3 Å². The number of nitrogens with zero attached hydrogens (tertiary/aromatic N) is 2. The standard InChI is InChI=1S/C13H13BrN2O2.ClH/c14-12-3-1-2-11(8-12)13(17-6-7-18-13)9-16-5-4-15-10-16;/h1-5,8,10H,6-7,9H2;1H. The van der Waals surface area contributed by atoms with Gasteiger partial charge in [0.2, 0.25) is 5.79 Å². The molecule has 1 saturated heterocycles. The average molecular weight is 346 g/mol. The molecule has 0 aliphatic carbocycles. The minimum absolute atomic E-state index is 0. The molecule has 19 heavy (non-hydrogen) atoms. The summed E-state index contributed by atoms with van der Waals surface area (Å²) in [5.74, 6) is -0.704. The number of benzene rings is 1. The molecule has 0 atom stereocenters. The molecule has 2 aromatic rings. The van der Waals surface area contributed by atoms with Crippen molar-refractivity contribution in [3.8, 4) is 0 Å². The van der Waals surface area contributed by atoms with E-state index in [2.05, 4.69) is 20.9 Å². The first-order valence-electron chi connectivity index (χ1n) is 5.78. The minimum atomic E-state index is -0.704. The molecule has 0 amide bonds. The van der Waals surface area contributed by atoms with Crippen LogP contribution in [0.25, 0.3) is 0 Å². The lowest BCUT2D eigenvalue weighted by Crippen LogP contribution is -2.32. The minimum Gasteiger partial charge on any atom is -0.342 e. The number of imidazole rings is 1. The zero-order valence-corrected chi connectivity index (χ0v) is 12.6. The molecular formula is C13H14BrClN2O2. The monoisotopic (exact) mass is 344 g/mol. The predicted octanol–water partition coefficient (Wildman–Crippen LogP) is 2.97. The molecule has 1 aliphatic rings. The fourth-order valence-electron chi connectivity index (χ4n) is 2.15. The van der Waals surface area contributed by atoms with Crippen LogP contribution in [0.15, 0.2) is 47.5 Å². The van der Waals surface area contributed by atoms with Gasteiger partial charge in [-0.2, -0.15) is 0 Å². The average Bonchev–Trinajstić information content (AvgIpc) is 3.02. The van der Waals surface area contributed by atoms with Gasteiger partial charge in [0.05, 0.1) is 26.1 Å². The van der Waals surface area contributed by atoms with E-state index in [0.717, 1.165) is 10.0 Å². The van der Waals surface area contributed by atoms with Gasteiger partial charge in [0.25, 0.3) is 0 Å². The Balaban J connectivity index is 0.00000133. The van der Waals surface area contributed by atoms with Crippen molar-refractivity contribution in [1.29, 1.82) is 0 Å². The summed E-state index contributed by atoms with van der Waals surface area (Å²) in [6, 6.07) is 8.03. The molecule has 0 unspecified atom stereocenters. The van der Waals surface area contributed by atoms with E-state index in [1.807, 2.05) is 35.0 Å². The molecule has 0 bridgehead atoms. The second kappa shape index (κ2) is 6.05. The second-order valence-corrected chi connectivity index (χ2v) is 5.11. The zero-order valence-electron chi connectivity index (χ0n) is 10.2. The van der Waals surface area contributed by atoms with Gasteiger partial charge in [0, 0.05) is 22.4 Å². The van der Waals surface area contributed by atoms with Crippen LogP contribution >= 0.6 is 28.3 Å². The Hall–Kier alpha value is -0.880. The highest BCUT2D eigenvalue weighted by atomic mass is 79.9. The summed E-state index contributed by atoms with van der Waals surface area (Å²) in [5, 5.41) is 0. The van der Waals surface area contributed by atoms with Crippen molar-refractivity contribution >= 4 is 28.3 Å². The molecule has 0 saturated carbocycles. The molecule has 102 valence electrons. The Labute approximate surface area is 126 Å². The van der Waals surface area contributed by atoms with Crippen LogP contribution in [0, 0.1) is 0 Å². The summed E-state index contributed by atoms with van der Waals surface area (Å²) in [6.45, 7) is 1.83. The van der Waals surface area contributed by atoms with Crippen molar-refractivity contribution in [2.24, 2.45) is 0 Å². The van der Waals surface area contributed by atoms with Gasteiger partial charge in [-0.3, -0.25) is 0 Å². The maximum Gasteiger partial charge on any atom is 0.213 e. The third-order valence-electron chi connectivity index (χ3n) is 2.97. The lowest BCUT2D eigenvalue weighted by Gasteiger charge is -2.28. The molecule has 1 aromatic carbocycles. The first-order valence-corrected chi connectivity index (χ1v) is 6.57. The SMILES string of the molecule is Brc1cccc(C2(Cn3ccnc3)OCCO2)c1.Cl. The molecule has 3 rings (SSSR count). The van der Waals surface area contributed by atoms with Crippen LogP contribution in [0.4, 0.5) is 0 Å². The highest BCUT2D eigenvalue weighted by Crippen LogP contribution is 2.34. The predicted molar refractivity (Wildman–Crippen MR) is 77.2 cm³/mol. The molecule has 0 spiro atoms. The van der Waals surface area contributed by atoms with Crippen LogP contribution in [0.5, 0.6) is 0 Å². The molecule has 4 nitrogen and oxygen atoms in total. The van der Waals surface area contributed by atoms with Crippen molar-refractivity contribution in [3.05, 3.63) is 53.0 Å². The molecule has 6 heteroatoms. The summed E-state index contributed by atoms with van der Waals surface area (Å²) >= 11 is 3.48. The van der Waals surface area contributed by atoms with Crippen LogP contribution in [0.1, 0.15) is 5.56 Å². The molecule has 2 heterocycles. The first kappa shape index (κ1) is 14.5. The van der Waals surface area contributed by atoms with E-state index in [9.17, 15) is 0 Å². The number of halogens is 2. The van der Waals surface area contributed by atoms with Crippen LogP contribution in [-0.2, 0) is 21.8 Å². The third-order valence-corrected chi connectivity index (χ3v) is 3.46. The van der Waals surface area contributed by atoms with Crippen molar-refractivity contribution in [3.63, 3.8) is 0 Å². The van der Waals surface area contributed by atoms with Gasteiger partial charge in [-0.05, 0) is 12.1 Å². The lowest BCUT2D eigenvalue weighted by atomic mass is 10.1. The fourth-order valence-corrected chi connectivity index (χ4v) is 2.55. The van der Waals surface area contributed by atoms with Gasteiger partial charge in [-0.1, -0.05) is 28.1 Å². The van der Waals surface area contributed by atoms with Crippen molar-refractivity contribution in [1.82, 2.24) is 9.55 Å². The van der Waals surface area contributed by atoms with Gasteiger partial charge in [-0.15, -0.1) is 12.4 Å². The molecule has 1 aromatic heterocycles. The van der Waals surface area contributed by atoms with Gasteiger partial charge < -0.3 is 14.0 Å². The molecule has 0 radical (unpaired) electrons. The number of aromatic nitrogens is 2. The van der Waals surface area contributed by atoms with Gasteiger partial charge in [-0.25, -0.2) is 4.98 Å². The van der Waals surface area contributed by atoms with Gasteiger partial charge in [0.15, 0.2) is 0 Å². The summed E-state index contributed by atoms with van der Waals surface area (Å²) < 4.78 is 14.7. The Morgan fingerprint density at radius 2 is 2.11 bits per heavy atom. The lowest BCUT2D eigenvalue weighted by molar-refractivity contribution is -0.176. The maximum atomic E-state index is 5.86. The fraction of sp³-hybridized carbons (Fsp3) is 0.308. The number of hydrogen-bond acceptors (Lipinski definition) is 3. The highest BCUT2D eigenvalue weighted by Gasteiger charge is 2.39. The van der Waals surface area contributed by atoms with Gasteiger partial charge >= 0.3 is 0 Å². The Morgan fingerprint density at radius 3 is 2.74 bits per heavy atom. The maximum absolute atomic E-state index is 5.86. The molecule has 1 aliphatic heterocycles. The first-order chi connectivity index (χ1) is 8.78. The van der Waals surface area contributed by atoms with Crippen LogP contribution in [0.2, 0.25) is 0 Å². The normalized spacial score (nSPS) is 17.1.